The number of nitrogens with one attached hydrogen (secondary N) is 1. The van der Waals surface area contributed by atoms with Crippen molar-refractivity contribution in [1.82, 2.24) is 19.7 Å². The fourth-order valence-electron chi connectivity index (χ4n) is 1.72. The lowest BCUT2D eigenvalue weighted by Gasteiger charge is -2.00. The summed E-state index contributed by atoms with van der Waals surface area (Å²) in [6, 6.07) is 13.7. The Bertz CT molecular complexity index is 701. The van der Waals surface area contributed by atoms with E-state index in [1.165, 1.54) is 0 Å². The maximum absolute atomic E-state index is 5.31. The highest BCUT2D eigenvalue weighted by Crippen LogP contribution is 2.17. The van der Waals surface area contributed by atoms with Gasteiger partial charge in [0, 0.05) is 18.5 Å². The van der Waals surface area contributed by atoms with Crippen molar-refractivity contribution in [2.75, 3.05) is 0 Å². The third kappa shape index (κ3) is 1.96. The van der Waals surface area contributed by atoms with Crippen molar-refractivity contribution in [3.05, 3.63) is 59.5 Å². The van der Waals surface area contributed by atoms with Crippen molar-refractivity contribution in [3.8, 4) is 17.2 Å². The molecule has 0 aliphatic heterocycles. The molecule has 0 unspecified atom stereocenters. The summed E-state index contributed by atoms with van der Waals surface area (Å²) in [4.78, 5) is 8.34. The van der Waals surface area contributed by atoms with E-state index in [1.54, 1.807) is 23.1 Å². The van der Waals surface area contributed by atoms with E-state index in [1.807, 2.05) is 36.4 Å². The molecule has 1 N–H and O–H groups in total. The molecular formula is C13H10N4S. The average Bonchev–Trinajstić information content (AvgIpc) is 2.83. The Balaban J connectivity index is 2.10. The first-order chi connectivity index (χ1) is 8.84. The van der Waals surface area contributed by atoms with E-state index < -0.39 is 0 Å². The first kappa shape index (κ1) is 10.9. The number of H-pyrrole nitrogens is 1. The van der Waals surface area contributed by atoms with Gasteiger partial charge in [-0.05, 0) is 11.6 Å². The van der Waals surface area contributed by atoms with Crippen LogP contribution in [-0.4, -0.2) is 19.7 Å². The maximum Gasteiger partial charge on any atom is 0.250 e. The molecule has 2 heterocycles. The van der Waals surface area contributed by atoms with Crippen molar-refractivity contribution >= 4 is 12.2 Å². The van der Waals surface area contributed by atoms with Crippen LogP contribution in [0, 0.1) is 4.64 Å². The Labute approximate surface area is 109 Å². The van der Waals surface area contributed by atoms with E-state index in [-0.39, 0.29) is 0 Å². The summed E-state index contributed by atoms with van der Waals surface area (Å²) < 4.78 is 2.34. The minimum atomic E-state index is 0.546. The normalized spacial score (nSPS) is 10.4. The molecule has 18 heavy (non-hydrogen) atoms. The Hall–Kier alpha value is -2.27. The molecule has 5 heteroatoms. The number of hydrogen-bond acceptors (Lipinski definition) is 3. The Morgan fingerprint density at radius 2 is 1.72 bits per heavy atom. The number of benzene rings is 1. The number of aromatic amines is 1. The fourth-order valence-corrected chi connectivity index (χ4v) is 1.96. The Morgan fingerprint density at radius 1 is 1.00 bits per heavy atom. The van der Waals surface area contributed by atoms with Gasteiger partial charge >= 0.3 is 0 Å². The minimum Gasteiger partial charge on any atom is -0.290 e. The molecule has 2 aromatic heterocycles. The lowest BCUT2D eigenvalue weighted by Crippen LogP contribution is -2.01. The van der Waals surface area contributed by atoms with Crippen molar-refractivity contribution in [3.63, 3.8) is 0 Å². The van der Waals surface area contributed by atoms with Gasteiger partial charge in [-0.15, -0.1) is 0 Å². The molecule has 0 aliphatic rings. The molecule has 0 saturated carbocycles. The molecule has 0 saturated heterocycles. The van der Waals surface area contributed by atoms with E-state index in [0.29, 0.717) is 10.6 Å². The number of aromatic nitrogens is 4. The standard InChI is InChI=1S/C13H10N4S/c18-12-9-11(10-5-2-1-3-6-10)16-17(12)13-14-7-4-8-15-13/h1-9,16H. The van der Waals surface area contributed by atoms with Crippen LogP contribution in [0.2, 0.25) is 0 Å². The van der Waals surface area contributed by atoms with Gasteiger partial charge < -0.3 is 0 Å². The molecule has 0 radical (unpaired) electrons. The summed E-state index contributed by atoms with van der Waals surface area (Å²) in [5, 5.41) is 3.20. The summed E-state index contributed by atoms with van der Waals surface area (Å²) in [5.41, 5.74) is 2.03. The predicted molar refractivity (Wildman–Crippen MR) is 72.0 cm³/mol. The lowest BCUT2D eigenvalue weighted by molar-refractivity contribution is 0.801. The van der Waals surface area contributed by atoms with E-state index in [4.69, 9.17) is 12.2 Å². The quantitative estimate of drug-likeness (QED) is 0.715. The van der Waals surface area contributed by atoms with Crippen molar-refractivity contribution in [1.29, 1.82) is 0 Å². The van der Waals surface area contributed by atoms with Crippen LogP contribution in [0.5, 0.6) is 0 Å². The predicted octanol–water partition coefficient (Wildman–Crippen LogP) is 2.99. The second kappa shape index (κ2) is 4.54. The smallest absolute Gasteiger partial charge is 0.250 e. The fraction of sp³-hybridized carbons (Fsp3) is 0. The molecule has 0 amide bonds. The molecule has 0 aliphatic carbocycles. The number of hydrogen-bond donors (Lipinski definition) is 1. The highest BCUT2D eigenvalue weighted by atomic mass is 32.1. The van der Waals surface area contributed by atoms with Gasteiger partial charge in [-0.2, -0.15) is 0 Å². The summed E-state index contributed by atoms with van der Waals surface area (Å²) >= 11 is 5.31. The van der Waals surface area contributed by atoms with Crippen LogP contribution in [0.3, 0.4) is 0 Å². The van der Waals surface area contributed by atoms with Gasteiger partial charge in [0.25, 0.3) is 0 Å². The summed E-state index contributed by atoms with van der Waals surface area (Å²) in [6.45, 7) is 0. The molecule has 0 fully saturated rings. The van der Waals surface area contributed by atoms with Gasteiger partial charge in [0.15, 0.2) is 0 Å². The molecule has 1 aromatic carbocycles. The molecule has 3 rings (SSSR count). The minimum absolute atomic E-state index is 0.546. The summed E-state index contributed by atoms with van der Waals surface area (Å²) in [5.74, 6) is 0.546. The largest absolute Gasteiger partial charge is 0.290 e. The summed E-state index contributed by atoms with van der Waals surface area (Å²) in [6.07, 6.45) is 3.38. The van der Waals surface area contributed by atoms with Crippen molar-refractivity contribution < 1.29 is 0 Å². The Morgan fingerprint density at radius 3 is 2.44 bits per heavy atom. The van der Waals surface area contributed by atoms with Gasteiger partial charge in [0.1, 0.15) is 4.64 Å². The van der Waals surface area contributed by atoms with E-state index in [9.17, 15) is 0 Å². The van der Waals surface area contributed by atoms with Crippen LogP contribution in [0.25, 0.3) is 17.2 Å². The van der Waals surface area contributed by atoms with Crippen LogP contribution in [0.15, 0.2) is 54.9 Å². The van der Waals surface area contributed by atoms with Crippen LogP contribution in [0.1, 0.15) is 0 Å². The van der Waals surface area contributed by atoms with Crippen LogP contribution >= 0.6 is 12.2 Å². The van der Waals surface area contributed by atoms with Gasteiger partial charge in [0.2, 0.25) is 5.95 Å². The van der Waals surface area contributed by atoms with Crippen LogP contribution in [-0.2, 0) is 0 Å². The zero-order valence-electron chi connectivity index (χ0n) is 9.45. The first-order valence-electron chi connectivity index (χ1n) is 5.49. The zero-order valence-corrected chi connectivity index (χ0v) is 10.3. The van der Waals surface area contributed by atoms with Gasteiger partial charge in [0.05, 0.1) is 5.69 Å². The van der Waals surface area contributed by atoms with Gasteiger partial charge in [-0.1, -0.05) is 42.5 Å². The second-order valence-corrected chi connectivity index (χ2v) is 4.18. The number of nitrogens with zero attached hydrogens (tertiary/aromatic N) is 3. The molecule has 4 nitrogen and oxygen atoms in total. The third-order valence-corrected chi connectivity index (χ3v) is 2.86. The molecule has 0 spiro atoms. The molecule has 0 bridgehead atoms. The van der Waals surface area contributed by atoms with Gasteiger partial charge in [-0.25, -0.2) is 14.6 Å². The Kier molecular flexibility index (Phi) is 2.74. The average molecular weight is 254 g/mol. The van der Waals surface area contributed by atoms with Crippen LogP contribution in [0.4, 0.5) is 0 Å². The third-order valence-electron chi connectivity index (χ3n) is 2.56. The van der Waals surface area contributed by atoms with E-state index in [0.717, 1.165) is 11.3 Å². The van der Waals surface area contributed by atoms with E-state index in [2.05, 4.69) is 15.1 Å². The molecular weight excluding hydrogens is 244 g/mol. The topological polar surface area (TPSA) is 46.5 Å². The maximum atomic E-state index is 5.31. The molecule has 0 atom stereocenters. The SMILES string of the molecule is S=c1cc(-c2ccccc2)[nH]n1-c1ncccn1. The van der Waals surface area contributed by atoms with Gasteiger partial charge in [-0.3, -0.25) is 5.10 Å². The molecule has 3 aromatic rings. The van der Waals surface area contributed by atoms with Crippen molar-refractivity contribution in [2.24, 2.45) is 0 Å². The first-order valence-corrected chi connectivity index (χ1v) is 5.90. The highest BCUT2D eigenvalue weighted by molar-refractivity contribution is 7.71. The monoisotopic (exact) mass is 254 g/mol. The molecule has 88 valence electrons. The van der Waals surface area contributed by atoms with Crippen LogP contribution < -0.4 is 0 Å². The highest BCUT2D eigenvalue weighted by Gasteiger charge is 2.05. The summed E-state index contributed by atoms with van der Waals surface area (Å²) in [7, 11) is 0. The number of rotatable bonds is 2. The van der Waals surface area contributed by atoms with Crippen molar-refractivity contribution in [2.45, 2.75) is 0 Å². The van der Waals surface area contributed by atoms with E-state index >= 15 is 0 Å². The lowest BCUT2D eigenvalue weighted by atomic mass is 10.2. The second-order valence-electron chi connectivity index (χ2n) is 3.76. The zero-order chi connectivity index (χ0) is 12.4.